The number of Topliss-reactive ketones (excluding diaryl/α,β-unsaturated/α-hetero) is 1. The number of rotatable bonds is 10. The van der Waals surface area contributed by atoms with Crippen molar-refractivity contribution in [2.24, 2.45) is 11.7 Å². The molecule has 0 radical (unpaired) electrons. The molecule has 0 spiro atoms. The maximum atomic E-state index is 12.1. The number of hydrogen-bond acceptors (Lipinski definition) is 4. The highest BCUT2D eigenvalue weighted by atomic mass is 35.5. The first kappa shape index (κ1) is 23.4. The van der Waals surface area contributed by atoms with Crippen LogP contribution in [0.15, 0.2) is 24.3 Å². The van der Waals surface area contributed by atoms with Crippen molar-refractivity contribution in [2.45, 2.75) is 45.6 Å². The van der Waals surface area contributed by atoms with Gasteiger partial charge in [-0.25, -0.2) is 0 Å². The van der Waals surface area contributed by atoms with Crippen molar-refractivity contribution >= 4 is 24.1 Å². The summed E-state index contributed by atoms with van der Waals surface area (Å²) in [5, 5.41) is 0. The summed E-state index contributed by atoms with van der Waals surface area (Å²) < 4.78 is 5.07. The van der Waals surface area contributed by atoms with Gasteiger partial charge in [-0.2, -0.15) is 0 Å². The first-order valence-electron chi connectivity index (χ1n) is 8.52. The maximum absolute atomic E-state index is 12.1. The minimum atomic E-state index is 0. The second kappa shape index (κ2) is 11.9. The van der Waals surface area contributed by atoms with Crippen molar-refractivity contribution in [2.75, 3.05) is 20.7 Å². The van der Waals surface area contributed by atoms with Gasteiger partial charge in [0.1, 0.15) is 5.75 Å². The topological polar surface area (TPSA) is 72.6 Å². The number of nitrogens with zero attached hydrogens (tertiary/aromatic N) is 1. The van der Waals surface area contributed by atoms with Gasteiger partial charge in [0.2, 0.25) is 5.91 Å². The molecule has 1 amide bonds. The molecule has 2 N–H and O–H groups in total. The molecule has 25 heavy (non-hydrogen) atoms. The van der Waals surface area contributed by atoms with E-state index in [9.17, 15) is 9.59 Å². The quantitative estimate of drug-likeness (QED) is 0.641. The zero-order valence-corrected chi connectivity index (χ0v) is 16.5. The molecule has 0 aromatic heterocycles. The lowest BCUT2D eigenvalue weighted by molar-refractivity contribution is -0.130. The van der Waals surface area contributed by atoms with Crippen LogP contribution in [0.2, 0.25) is 0 Å². The molecule has 0 saturated heterocycles. The number of carbonyl (C=O) groups excluding carboxylic acids is 2. The van der Waals surface area contributed by atoms with Crippen molar-refractivity contribution in [1.29, 1.82) is 0 Å². The third kappa shape index (κ3) is 8.36. The number of methoxy groups -OCH3 is 1. The van der Waals surface area contributed by atoms with Crippen LogP contribution in [0, 0.1) is 5.92 Å². The number of carbonyl (C=O) groups is 2. The van der Waals surface area contributed by atoms with E-state index in [0.717, 1.165) is 12.2 Å². The van der Waals surface area contributed by atoms with Crippen LogP contribution in [0.1, 0.15) is 49.9 Å². The van der Waals surface area contributed by atoms with Crippen LogP contribution < -0.4 is 10.5 Å². The molecule has 0 aliphatic rings. The van der Waals surface area contributed by atoms with Crippen LogP contribution in [0.3, 0.4) is 0 Å². The Morgan fingerprint density at radius 3 is 2.28 bits per heavy atom. The molecule has 1 aromatic carbocycles. The SMILES string of the molecule is COc1ccc(C(=O)CCCC(=O)N(C)CCC(N)C(C)C)cc1.Cl. The second-order valence-corrected chi connectivity index (χ2v) is 6.52. The molecule has 0 heterocycles. The zero-order valence-electron chi connectivity index (χ0n) is 15.7. The van der Waals surface area contributed by atoms with E-state index < -0.39 is 0 Å². The van der Waals surface area contributed by atoms with Gasteiger partial charge in [-0.3, -0.25) is 9.59 Å². The fourth-order valence-electron chi connectivity index (χ4n) is 2.31. The van der Waals surface area contributed by atoms with Gasteiger partial charge in [0.05, 0.1) is 7.11 Å². The predicted molar refractivity (Wildman–Crippen MR) is 103 cm³/mol. The van der Waals surface area contributed by atoms with Gasteiger partial charge in [-0.15, -0.1) is 12.4 Å². The van der Waals surface area contributed by atoms with Crippen molar-refractivity contribution < 1.29 is 14.3 Å². The Kier molecular flexibility index (Phi) is 11.1. The maximum Gasteiger partial charge on any atom is 0.222 e. The summed E-state index contributed by atoms with van der Waals surface area (Å²) in [7, 11) is 3.38. The minimum Gasteiger partial charge on any atom is -0.497 e. The molecule has 1 atom stereocenters. The smallest absolute Gasteiger partial charge is 0.222 e. The minimum absolute atomic E-state index is 0. The highest BCUT2D eigenvalue weighted by molar-refractivity contribution is 5.96. The van der Waals surface area contributed by atoms with Gasteiger partial charge in [0.25, 0.3) is 0 Å². The number of hydrogen-bond donors (Lipinski definition) is 1. The molecule has 0 saturated carbocycles. The van der Waals surface area contributed by atoms with E-state index in [1.807, 2.05) is 0 Å². The van der Waals surface area contributed by atoms with Crippen molar-refractivity contribution in [3.63, 3.8) is 0 Å². The largest absolute Gasteiger partial charge is 0.497 e. The summed E-state index contributed by atoms with van der Waals surface area (Å²) in [5.74, 6) is 1.25. The normalized spacial score (nSPS) is 11.6. The fourth-order valence-corrected chi connectivity index (χ4v) is 2.31. The van der Waals surface area contributed by atoms with Crippen molar-refractivity contribution in [3.05, 3.63) is 29.8 Å². The Bertz CT molecular complexity index is 532. The molecule has 1 rings (SSSR count). The van der Waals surface area contributed by atoms with Crippen LogP contribution in [0.4, 0.5) is 0 Å². The average molecular weight is 371 g/mol. The number of ether oxygens (including phenoxy) is 1. The molecule has 0 aliphatic heterocycles. The molecule has 5 nitrogen and oxygen atoms in total. The molecule has 1 unspecified atom stereocenters. The van der Waals surface area contributed by atoms with E-state index in [4.69, 9.17) is 10.5 Å². The lowest BCUT2D eigenvalue weighted by Gasteiger charge is -2.21. The van der Waals surface area contributed by atoms with Crippen LogP contribution in [0.5, 0.6) is 5.75 Å². The van der Waals surface area contributed by atoms with Gasteiger partial charge in [0, 0.05) is 38.0 Å². The summed E-state index contributed by atoms with van der Waals surface area (Å²) >= 11 is 0. The van der Waals surface area contributed by atoms with Gasteiger partial charge in [-0.1, -0.05) is 13.8 Å². The molecule has 1 aromatic rings. The number of amides is 1. The summed E-state index contributed by atoms with van der Waals surface area (Å²) in [5.41, 5.74) is 6.65. The van der Waals surface area contributed by atoms with Crippen LogP contribution >= 0.6 is 12.4 Å². The molecular formula is C19H31ClN2O3. The first-order chi connectivity index (χ1) is 11.3. The molecule has 0 bridgehead atoms. The van der Waals surface area contributed by atoms with E-state index in [0.29, 0.717) is 37.3 Å². The Morgan fingerprint density at radius 1 is 1.16 bits per heavy atom. The standard InChI is InChI=1S/C19H30N2O3.ClH/c1-14(2)17(20)12-13-21(3)19(23)7-5-6-18(22)15-8-10-16(24-4)11-9-15;/h8-11,14,17H,5-7,12-13,20H2,1-4H3;1H. The van der Waals surface area contributed by atoms with Gasteiger partial charge in [-0.05, 0) is 43.0 Å². The Morgan fingerprint density at radius 2 is 1.76 bits per heavy atom. The molecule has 6 heteroatoms. The van der Waals surface area contributed by atoms with Gasteiger partial charge >= 0.3 is 0 Å². The van der Waals surface area contributed by atoms with E-state index in [-0.39, 0.29) is 30.1 Å². The van der Waals surface area contributed by atoms with Crippen molar-refractivity contribution in [3.8, 4) is 5.75 Å². The molecular weight excluding hydrogens is 340 g/mol. The predicted octanol–water partition coefficient (Wildman–Crippen LogP) is 3.30. The van der Waals surface area contributed by atoms with Crippen LogP contribution in [-0.2, 0) is 4.79 Å². The number of nitrogens with two attached hydrogens (primary N) is 1. The van der Waals surface area contributed by atoms with Crippen molar-refractivity contribution in [1.82, 2.24) is 4.90 Å². The average Bonchev–Trinajstić information content (AvgIpc) is 2.58. The monoisotopic (exact) mass is 370 g/mol. The van der Waals surface area contributed by atoms with E-state index in [2.05, 4.69) is 13.8 Å². The summed E-state index contributed by atoms with van der Waals surface area (Å²) in [6.45, 7) is 4.82. The summed E-state index contributed by atoms with van der Waals surface area (Å²) in [4.78, 5) is 25.9. The third-order valence-corrected chi connectivity index (χ3v) is 4.29. The number of benzene rings is 1. The van der Waals surface area contributed by atoms with E-state index in [1.54, 1.807) is 43.3 Å². The first-order valence-corrected chi connectivity index (χ1v) is 8.52. The number of halogens is 1. The van der Waals surface area contributed by atoms with Gasteiger partial charge < -0.3 is 15.4 Å². The van der Waals surface area contributed by atoms with E-state index in [1.165, 1.54) is 0 Å². The Balaban J connectivity index is 0.00000576. The second-order valence-electron chi connectivity index (χ2n) is 6.52. The number of ketones is 1. The molecule has 142 valence electrons. The lowest BCUT2D eigenvalue weighted by Crippen LogP contribution is -2.34. The van der Waals surface area contributed by atoms with Gasteiger partial charge in [0.15, 0.2) is 5.78 Å². The van der Waals surface area contributed by atoms with Crippen LogP contribution in [0.25, 0.3) is 0 Å². The summed E-state index contributed by atoms with van der Waals surface area (Å²) in [6, 6.07) is 7.15. The summed E-state index contributed by atoms with van der Waals surface area (Å²) in [6.07, 6.45) is 2.11. The fraction of sp³-hybridized carbons (Fsp3) is 0.579. The van der Waals surface area contributed by atoms with Crippen LogP contribution in [-0.4, -0.2) is 43.3 Å². The molecule has 0 aliphatic carbocycles. The Hall–Kier alpha value is -1.59. The third-order valence-electron chi connectivity index (χ3n) is 4.29. The highest BCUT2D eigenvalue weighted by Crippen LogP contribution is 2.14. The lowest BCUT2D eigenvalue weighted by atomic mass is 10.0. The van der Waals surface area contributed by atoms with E-state index >= 15 is 0 Å². The molecule has 0 fully saturated rings. The zero-order chi connectivity index (χ0) is 18.1. The highest BCUT2D eigenvalue weighted by Gasteiger charge is 2.13. The Labute approximate surface area is 157 Å².